The van der Waals surface area contributed by atoms with E-state index in [1.165, 1.54) is 18.4 Å². The summed E-state index contributed by atoms with van der Waals surface area (Å²) in [7, 11) is 1.81. The van der Waals surface area contributed by atoms with E-state index in [-0.39, 0.29) is 0 Å². The molecule has 1 unspecified atom stereocenters. The van der Waals surface area contributed by atoms with E-state index in [2.05, 4.69) is 77.5 Å². The van der Waals surface area contributed by atoms with Crippen molar-refractivity contribution in [2.24, 2.45) is 10.9 Å². The molecule has 1 aromatic carbocycles. The minimum absolute atomic E-state index is 0.554. The zero-order valence-electron chi connectivity index (χ0n) is 16.2. The standard InChI is InChI=1S/C20H29BrN6/c1-3-15(11-16-7-6-8-17(21)12-16)13-23-20(22-2)24-14-19-26-25-18-9-4-5-10-27(18)19/h6-8,12,15H,3-5,9-11,13-14H2,1-2H3,(H2,22,23,24). The van der Waals surface area contributed by atoms with Gasteiger partial charge in [-0.25, -0.2) is 0 Å². The summed E-state index contributed by atoms with van der Waals surface area (Å²) in [6.07, 6.45) is 5.63. The van der Waals surface area contributed by atoms with Gasteiger partial charge in [0.05, 0.1) is 6.54 Å². The fourth-order valence-electron chi connectivity index (χ4n) is 3.48. The highest BCUT2D eigenvalue weighted by molar-refractivity contribution is 9.10. The molecular weight excluding hydrogens is 404 g/mol. The number of rotatable bonds is 7. The van der Waals surface area contributed by atoms with Crippen LogP contribution in [-0.2, 0) is 25.9 Å². The van der Waals surface area contributed by atoms with Gasteiger partial charge in [0.1, 0.15) is 5.82 Å². The van der Waals surface area contributed by atoms with Gasteiger partial charge in [0, 0.05) is 31.0 Å². The molecule has 1 aromatic heterocycles. The Morgan fingerprint density at radius 2 is 2.19 bits per heavy atom. The fourth-order valence-corrected chi connectivity index (χ4v) is 3.93. The molecule has 1 atom stereocenters. The van der Waals surface area contributed by atoms with Crippen LogP contribution in [0.15, 0.2) is 33.7 Å². The predicted molar refractivity (Wildman–Crippen MR) is 113 cm³/mol. The Bertz CT molecular complexity index is 770. The number of nitrogens with zero attached hydrogens (tertiary/aromatic N) is 4. The lowest BCUT2D eigenvalue weighted by molar-refractivity contribution is 0.490. The summed E-state index contributed by atoms with van der Waals surface area (Å²) < 4.78 is 3.38. The maximum absolute atomic E-state index is 4.36. The van der Waals surface area contributed by atoms with Gasteiger partial charge in [-0.2, -0.15) is 0 Å². The van der Waals surface area contributed by atoms with E-state index in [0.717, 1.165) is 54.4 Å². The van der Waals surface area contributed by atoms with Gasteiger partial charge in [-0.1, -0.05) is 41.4 Å². The number of aliphatic imine (C=N–C) groups is 1. The highest BCUT2D eigenvalue weighted by Crippen LogP contribution is 2.17. The highest BCUT2D eigenvalue weighted by atomic mass is 79.9. The van der Waals surface area contributed by atoms with Crippen LogP contribution in [0.25, 0.3) is 0 Å². The van der Waals surface area contributed by atoms with Gasteiger partial charge >= 0.3 is 0 Å². The van der Waals surface area contributed by atoms with Crippen molar-refractivity contribution in [2.45, 2.75) is 52.1 Å². The third-order valence-corrected chi connectivity index (χ3v) is 5.62. The summed E-state index contributed by atoms with van der Waals surface area (Å²) in [4.78, 5) is 4.36. The number of aromatic nitrogens is 3. The number of guanidine groups is 1. The SMILES string of the molecule is CCC(CNC(=NC)NCc1nnc2n1CCCC2)Cc1cccc(Br)c1. The van der Waals surface area contributed by atoms with Crippen molar-refractivity contribution in [1.82, 2.24) is 25.4 Å². The molecule has 2 N–H and O–H groups in total. The van der Waals surface area contributed by atoms with Crippen LogP contribution < -0.4 is 10.6 Å². The van der Waals surface area contributed by atoms with Crippen LogP contribution in [0.1, 0.15) is 43.4 Å². The molecule has 7 heteroatoms. The van der Waals surface area contributed by atoms with Crippen molar-refractivity contribution < 1.29 is 0 Å². The van der Waals surface area contributed by atoms with Crippen molar-refractivity contribution in [3.63, 3.8) is 0 Å². The first-order valence-electron chi connectivity index (χ1n) is 9.79. The number of aryl methyl sites for hydroxylation is 1. The van der Waals surface area contributed by atoms with Crippen molar-refractivity contribution in [1.29, 1.82) is 0 Å². The lowest BCUT2D eigenvalue weighted by Crippen LogP contribution is -2.40. The van der Waals surface area contributed by atoms with Crippen LogP contribution in [0.2, 0.25) is 0 Å². The third kappa shape index (κ3) is 5.54. The Morgan fingerprint density at radius 1 is 1.30 bits per heavy atom. The van der Waals surface area contributed by atoms with E-state index in [0.29, 0.717) is 12.5 Å². The number of fused-ring (bicyclic) bond motifs is 1. The Labute approximate surface area is 170 Å². The molecule has 0 fully saturated rings. The Balaban J connectivity index is 1.50. The lowest BCUT2D eigenvalue weighted by atomic mass is 9.97. The Kier molecular flexibility index (Phi) is 7.26. The highest BCUT2D eigenvalue weighted by Gasteiger charge is 2.16. The first-order valence-corrected chi connectivity index (χ1v) is 10.6. The van der Waals surface area contributed by atoms with E-state index < -0.39 is 0 Å². The molecule has 3 rings (SSSR count). The summed E-state index contributed by atoms with van der Waals surface area (Å²) in [5.74, 6) is 3.48. The van der Waals surface area contributed by atoms with E-state index in [4.69, 9.17) is 0 Å². The largest absolute Gasteiger partial charge is 0.356 e. The van der Waals surface area contributed by atoms with Crippen LogP contribution in [0.4, 0.5) is 0 Å². The molecule has 0 aliphatic carbocycles. The molecule has 146 valence electrons. The van der Waals surface area contributed by atoms with Crippen LogP contribution in [0.5, 0.6) is 0 Å². The molecule has 0 spiro atoms. The molecule has 0 bridgehead atoms. The smallest absolute Gasteiger partial charge is 0.191 e. The zero-order valence-corrected chi connectivity index (χ0v) is 17.8. The third-order valence-electron chi connectivity index (χ3n) is 5.12. The molecule has 1 aliphatic heterocycles. The molecule has 0 saturated heterocycles. The first kappa shape index (κ1) is 19.9. The van der Waals surface area contributed by atoms with Gasteiger partial charge in [-0.15, -0.1) is 10.2 Å². The molecule has 0 saturated carbocycles. The van der Waals surface area contributed by atoms with E-state index in [1.807, 2.05) is 7.05 Å². The summed E-state index contributed by atoms with van der Waals surface area (Å²) in [5, 5.41) is 15.5. The van der Waals surface area contributed by atoms with Crippen molar-refractivity contribution in [3.8, 4) is 0 Å². The molecular formula is C20H29BrN6. The maximum atomic E-state index is 4.36. The summed E-state index contributed by atoms with van der Waals surface area (Å²) in [6, 6.07) is 8.55. The van der Waals surface area contributed by atoms with E-state index in [1.54, 1.807) is 0 Å². The van der Waals surface area contributed by atoms with E-state index >= 15 is 0 Å². The van der Waals surface area contributed by atoms with Crippen LogP contribution >= 0.6 is 15.9 Å². The van der Waals surface area contributed by atoms with E-state index in [9.17, 15) is 0 Å². The quantitative estimate of drug-likeness (QED) is 0.520. The Morgan fingerprint density at radius 3 is 2.96 bits per heavy atom. The van der Waals surface area contributed by atoms with Crippen LogP contribution in [-0.4, -0.2) is 34.3 Å². The van der Waals surface area contributed by atoms with Crippen molar-refractivity contribution >= 4 is 21.9 Å². The summed E-state index contributed by atoms with van der Waals surface area (Å²) >= 11 is 3.56. The number of nitrogens with one attached hydrogen (secondary N) is 2. The average molecular weight is 433 g/mol. The van der Waals surface area contributed by atoms with Gasteiger partial charge in [0.25, 0.3) is 0 Å². The van der Waals surface area contributed by atoms with Gasteiger partial charge in [0.2, 0.25) is 0 Å². The van der Waals surface area contributed by atoms with Crippen LogP contribution in [0.3, 0.4) is 0 Å². The monoisotopic (exact) mass is 432 g/mol. The van der Waals surface area contributed by atoms with Gasteiger partial charge in [-0.3, -0.25) is 4.99 Å². The molecule has 1 aliphatic rings. The molecule has 0 radical (unpaired) electrons. The molecule has 27 heavy (non-hydrogen) atoms. The lowest BCUT2D eigenvalue weighted by Gasteiger charge is -2.19. The van der Waals surface area contributed by atoms with Gasteiger partial charge in [0.15, 0.2) is 11.8 Å². The average Bonchev–Trinajstić information content (AvgIpc) is 3.10. The molecule has 0 amide bonds. The summed E-state index contributed by atoms with van der Waals surface area (Å²) in [6.45, 7) is 4.80. The fraction of sp³-hybridized carbons (Fsp3) is 0.550. The predicted octanol–water partition coefficient (Wildman–Crippen LogP) is 3.31. The second-order valence-corrected chi connectivity index (χ2v) is 7.97. The minimum atomic E-state index is 0.554. The van der Waals surface area contributed by atoms with Crippen molar-refractivity contribution in [3.05, 3.63) is 46.0 Å². The maximum Gasteiger partial charge on any atom is 0.191 e. The van der Waals surface area contributed by atoms with Crippen molar-refractivity contribution in [2.75, 3.05) is 13.6 Å². The number of hydrogen-bond donors (Lipinski definition) is 2. The normalized spacial score (nSPS) is 15.3. The molecule has 2 heterocycles. The number of hydrogen-bond acceptors (Lipinski definition) is 3. The van der Waals surface area contributed by atoms with Gasteiger partial charge < -0.3 is 15.2 Å². The minimum Gasteiger partial charge on any atom is -0.356 e. The first-order chi connectivity index (χ1) is 13.2. The molecule has 2 aromatic rings. The summed E-state index contributed by atoms with van der Waals surface area (Å²) in [5.41, 5.74) is 1.36. The van der Waals surface area contributed by atoms with Gasteiger partial charge in [-0.05, 0) is 42.9 Å². The second kappa shape index (κ2) is 9.88. The van der Waals surface area contributed by atoms with Crippen LogP contribution in [0, 0.1) is 5.92 Å². The topological polar surface area (TPSA) is 67.1 Å². The Hall–Kier alpha value is -1.89. The second-order valence-electron chi connectivity index (χ2n) is 7.06. The number of halogens is 1. The molecule has 6 nitrogen and oxygen atoms in total. The zero-order chi connectivity index (χ0) is 19.1. The number of benzene rings is 1.